The van der Waals surface area contributed by atoms with E-state index in [-0.39, 0.29) is 12.5 Å². The Bertz CT molecular complexity index is 504. The van der Waals surface area contributed by atoms with Gasteiger partial charge in [0.1, 0.15) is 4.99 Å². The van der Waals surface area contributed by atoms with Gasteiger partial charge in [-0.25, -0.2) is 0 Å². The average molecular weight is 307 g/mol. The van der Waals surface area contributed by atoms with Gasteiger partial charge in [0.25, 0.3) is 0 Å². The SMILES string of the molecule is NC(=S)c1ccc(NC(=O)CCN2CCC(CO)C2)cc1. The van der Waals surface area contributed by atoms with Crippen LogP contribution in [0.25, 0.3) is 0 Å². The summed E-state index contributed by atoms with van der Waals surface area (Å²) in [6, 6.07) is 7.18. The summed E-state index contributed by atoms with van der Waals surface area (Å²) in [7, 11) is 0. The highest BCUT2D eigenvalue weighted by molar-refractivity contribution is 7.80. The van der Waals surface area contributed by atoms with Crippen molar-refractivity contribution in [2.75, 3.05) is 31.6 Å². The summed E-state index contributed by atoms with van der Waals surface area (Å²) in [5.74, 6) is 0.353. The van der Waals surface area contributed by atoms with E-state index in [1.807, 2.05) is 0 Å². The van der Waals surface area contributed by atoms with E-state index in [2.05, 4.69) is 10.2 Å². The Morgan fingerprint density at radius 3 is 2.71 bits per heavy atom. The summed E-state index contributed by atoms with van der Waals surface area (Å²) < 4.78 is 0. The molecular formula is C15H21N3O2S. The zero-order chi connectivity index (χ0) is 15.2. The van der Waals surface area contributed by atoms with Gasteiger partial charge in [-0.1, -0.05) is 12.2 Å². The van der Waals surface area contributed by atoms with Crippen molar-refractivity contribution in [3.05, 3.63) is 29.8 Å². The van der Waals surface area contributed by atoms with Crippen LogP contribution in [0, 0.1) is 5.92 Å². The lowest BCUT2D eigenvalue weighted by Gasteiger charge is -2.15. The molecule has 1 unspecified atom stereocenters. The van der Waals surface area contributed by atoms with Crippen molar-refractivity contribution in [3.8, 4) is 0 Å². The molecule has 1 fully saturated rings. The maximum atomic E-state index is 11.9. The van der Waals surface area contributed by atoms with E-state index >= 15 is 0 Å². The molecule has 1 saturated heterocycles. The fraction of sp³-hybridized carbons (Fsp3) is 0.467. The molecule has 5 nitrogen and oxygen atoms in total. The van der Waals surface area contributed by atoms with Gasteiger partial charge in [0, 0.05) is 37.4 Å². The number of amides is 1. The van der Waals surface area contributed by atoms with Crippen LogP contribution in [0.5, 0.6) is 0 Å². The molecule has 0 radical (unpaired) electrons. The Hall–Kier alpha value is -1.50. The molecule has 1 aromatic rings. The first kappa shape index (κ1) is 15.9. The van der Waals surface area contributed by atoms with Gasteiger partial charge >= 0.3 is 0 Å². The number of hydrogen-bond donors (Lipinski definition) is 3. The molecule has 1 heterocycles. The number of nitrogens with zero attached hydrogens (tertiary/aromatic N) is 1. The monoisotopic (exact) mass is 307 g/mol. The molecule has 2 rings (SSSR count). The minimum absolute atomic E-state index is 0.00877. The molecule has 6 heteroatoms. The maximum Gasteiger partial charge on any atom is 0.225 e. The number of aliphatic hydroxyl groups excluding tert-OH is 1. The first-order valence-electron chi connectivity index (χ1n) is 7.11. The van der Waals surface area contributed by atoms with E-state index < -0.39 is 0 Å². The number of rotatable bonds is 6. The molecule has 0 aromatic heterocycles. The smallest absolute Gasteiger partial charge is 0.225 e. The second-order valence-corrected chi connectivity index (χ2v) is 5.82. The molecule has 0 aliphatic carbocycles. The predicted molar refractivity (Wildman–Crippen MR) is 87.2 cm³/mol. The minimum atomic E-state index is -0.00877. The van der Waals surface area contributed by atoms with Crippen molar-refractivity contribution >= 4 is 28.8 Å². The zero-order valence-corrected chi connectivity index (χ0v) is 12.7. The van der Waals surface area contributed by atoms with Crippen LogP contribution < -0.4 is 11.1 Å². The van der Waals surface area contributed by atoms with Crippen LogP contribution in [-0.2, 0) is 4.79 Å². The van der Waals surface area contributed by atoms with Crippen LogP contribution >= 0.6 is 12.2 Å². The van der Waals surface area contributed by atoms with Crippen molar-refractivity contribution in [1.29, 1.82) is 0 Å². The number of nitrogens with one attached hydrogen (secondary N) is 1. The van der Waals surface area contributed by atoms with Crippen LogP contribution in [0.2, 0.25) is 0 Å². The number of aliphatic hydroxyl groups is 1. The number of anilines is 1. The second-order valence-electron chi connectivity index (χ2n) is 5.38. The molecule has 0 saturated carbocycles. The van der Waals surface area contributed by atoms with Crippen molar-refractivity contribution < 1.29 is 9.90 Å². The molecule has 1 atom stereocenters. The van der Waals surface area contributed by atoms with Gasteiger partial charge in [-0.3, -0.25) is 4.79 Å². The van der Waals surface area contributed by atoms with E-state index in [0.29, 0.717) is 17.3 Å². The van der Waals surface area contributed by atoms with E-state index in [9.17, 15) is 4.79 Å². The molecule has 1 aliphatic heterocycles. The molecule has 21 heavy (non-hydrogen) atoms. The average Bonchev–Trinajstić information content (AvgIpc) is 2.94. The normalized spacial score (nSPS) is 18.6. The molecule has 1 aliphatic rings. The summed E-state index contributed by atoms with van der Waals surface area (Å²) >= 11 is 4.88. The molecule has 0 bridgehead atoms. The number of benzene rings is 1. The van der Waals surface area contributed by atoms with Gasteiger partial charge in [0.2, 0.25) is 5.91 Å². The third kappa shape index (κ3) is 4.77. The Balaban J connectivity index is 1.75. The van der Waals surface area contributed by atoms with Gasteiger partial charge in [0.15, 0.2) is 0 Å². The summed E-state index contributed by atoms with van der Waals surface area (Å²) in [5, 5.41) is 12.0. The molecule has 114 valence electrons. The summed E-state index contributed by atoms with van der Waals surface area (Å²) in [6.45, 7) is 2.80. The fourth-order valence-corrected chi connectivity index (χ4v) is 2.60. The topological polar surface area (TPSA) is 78.6 Å². The van der Waals surface area contributed by atoms with Gasteiger partial charge in [-0.15, -0.1) is 0 Å². The van der Waals surface area contributed by atoms with Crippen LogP contribution in [0.4, 0.5) is 5.69 Å². The van der Waals surface area contributed by atoms with Gasteiger partial charge < -0.3 is 21.1 Å². The highest BCUT2D eigenvalue weighted by atomic mass is 32.1. The first-order chi connectivity index (χ1) is 10.1. The molecule has 4 N–H and O–H groups in total. The van der Waals surface area contributed by atoms with Gasteiger partial charge in [-0.05, 0) is 43.1 Å². The zero-order valence-electron chi connectivity index (χ0n) is 11.9. The molecule has 0 spiro atoms. The first-order valence-corrected chi connectivity index (χ1v) is 7.52. The van der Waals surface area contributed by atoms with Crippen molar-refractivity contribution in [3.63, 3.8) is 0 Å². The summed E-state index contributed by atoms with van der Waals surface area (Å²) in [5.41, 5.74) is 7.06. The van der Waals surface area contributed by atoms with E-state index in [1.165, 1.54) is 0 Å². The highest BCUT2D eigenvalue weighted by Crippen LogP contribution is 2.15. The number of likely N-dealkylation sites (tertiary alicyclic amines) is 1. The number of carbonyl (C=O) groups excluding carboxylic acids is 1. The Morgan fingerprint density at radius 2 is 2.14 bits per heavy atom. The lowest BCUT2D eigenvalue weighted by Crippen LogP contribution is -2.26. The van der Waals surface area contributed by atoms with Crippen LogP contribution in [0.3, 0.4) is 0 Å². The number of carbonyl (C=O) groups is 1. The minimum Gasteiger partial charge on any atom is -0.396 e. The van der Waals surface area contributed by atoms with Crippen LogP contribution in [-0.4, -0.2) is 47.1 Å². The van der Waals surface area contributed by atoms with Crippen LogP contribution in [0.15, 0.2) is 24.3 Å². The maximum absolute atomic E-state index is 11.9. The van der Waals surface area contributed by atoms with E-state index in [1.54, 1.807) is 24.3 Å². The third-order valence-electron chi connectivity index (χ3n) is 3.74. The Morgan fingerprint density at radius 1 is 1.43 bits per heavy atom. The van der Waals surface area contributed by atoms with Crippen molar-refractivity contribution in [1.82, 2.24) is 4.90 Å². The Labute approximate surface area is 130 Å². The van der Waals surface area contributed by atoms with Crippen LogP contribution in [0.1, 0.15) is 18.4 Å². The van der Waals surface area contributed by atoms with Crippen molar-refractivity contribution in [2.45, 2.75) is 12.8 Å². The summed E-state index contributed by atoms with van der Waals surface area (Å²) in [6.07, 6.45) is 1.47. The Kier molecular flexibility index (Phi) is 5.67. The number of thiocarbonyl (C=S) groups is 1. The number of hydrogen-bond acceptors (Lipinski definition) is 4. The molecule has 1 aromatic carbocycles. The lowest BCUT2D eigenvalue weighted by atomic mass is 10.1. The van der Waals surface area contributed by atoms with Crippen molar-refractivity contribution in [2.24, 2.45) is 11.7 Å². The van der Waals surface area contributed by atoms with Gasteiger partial charge in [0.05, 0.1) is 0 Å². The fourth-order valence-electron chi connectivity index (χ4n) is 2.47. The molecule has 1 amide bonds. The third-order valence-corrected chi connectivity index (χ3v) is 3.97. The quantitative estimate of drug-likeness (QED) is 0.682. The highest BCUT2D eigenvalue weighted by Gasteiger charge is 2.21. The predicted octanol–water partition coefficient (Wildman–Crippen LogP) is 0.964. The van der Waals surface area contributed by atoms with E-state index in [4.69, 9.17) is 23.1 Å². The van der Waals surface area contributed by atoms with E-state index in [0.717, 1.165) is 37.3 Å². The lowest BCUT2D eigenvalue weighted by molar-refractivity contribution is -0.116. The number of nitrogens with two attached hydrogens (primary N) is 1. The largest absolute Gasteiger partial charge is 0.396 e. The van der Waals surface area contributed by atoms with Gasteiger partial charge in [-0.2, -0.15) is 0 Å². The standard InChI is InChI=1S/C15H21N3O2S/c16-15(21)12-1-3-13(4-2-12)17-14(20)6-8-18-7-5-11(9-18)10-19/h1-4,11,19H,5-10H2,(H2,16,21)(H,17,20). The molecular weight excluding hydrogens is 286 g/mol. The summed E-state index contributed by atoms with van der Waals surface area (Å²) in [4.78, 5) is 14.5. The second kappa shape index (κ2) is 7.49.